The molecule has 174 valence electrons. The van der Waals surface area contributed by atoms with Crippen molar-refractivity contribution in [2.75, 3.05) is 39.8 Å². The molecule has 1 N–H and O–H groups in total. The number of rotatable bonds is 4. The Kier molecular flexibility index (Phi) is 6.60. The molecule has 0 bridgehead atoms. The standard InChI is InChI=1S/C26H35N3O2.ClH/c1-4-28-13-10-26(19-8-7-9-21(14-19)31-3)16-23-22(15-20(26)17-28)18(2)24(27-23)25(30)29-11-5-6-12-29;/h7-9,14,20,27H,4-6,10-13,15-17H2,1-3H3;1H. The number of fused-ring (bicyclic) bond motifs is 2. The van der Waals surface area contributed by atoms with Gasteiger partial charge in [-0.2, -0.15) is 0 Å². The van der Waals surface area contributed by atoms with E-state index in [-0.39, 0.29) is 23.7 Å². The summed E-state index contributed by atoms with van der Waals surface area (Å²) in [6.45, 7) is 9.54. The maximum atomic E-state index is 13.2. The van der Waals surface area contributed by atoms with Crippen LogP contribution in [0.25, 0.3) is 0 Å². The molecule has 1 amide bonds. The predicted molar refractivity (Wildman–Crippen MR) is 130 cm³/mol. The molecule has 32 heavy (non-hydrogen) atoms. The number of H-pyrrole nitrogens is 1. The molecule has 2 atom stereocenters. The van der Waals surface area contributed by atoms with Gasteiger partial charge in [0.25, 0.3) is 5.91 Å². The molecule has 2 aromatic rings. The fourth-order valence-corrected chi connectivity index (χ4v) is 6.31. The molecule has 0 saturated carbocycles. The number of hydrogen-bond acceptors (Lipinski definition) is 3. The van der Waals surface area contributed by atoms with Gasteiger partial charge in [0.1, 0.15) is 11.4 Å². The monoisotopic (exact) mass is 457 g/mol. The summed E-state index contributed by atoms with van der Waals surface area (Å²) >= 11 is 0. The van der Waals surface area contributed by atoms with Gasteiger partial charge in [-0.15, -0.1) is 12.4 Å². The van der Waals surface area contributed by atoms with Crippen LogP contribution in [0.1, 0.15) is 59.1 Å². The number of nitrogens with one attached hydrogen (secondary N) is 1. The van der Waals surface area contributed by atoms with Gasteiger partial charge in [0.2, 0.25) is 0 Å². The van der Waals surface area contributed by atoms with Gasteiger partial charge in [0, 0.05) is 30.7 Å². The van der Waals surface area contributed by atoms with Crippen LogP contribution in [0, 0.1) is 12.8 Å². The molecule has 3 aliphatic rings. The van der Waals surface area contributed by atoms with Crippen LogP contribution < -0.4 is 4.74 Å². The van der Waals surface area contributed by atoms with Crippen LogP contribution in [0.2, 0.25) is 0 Å². The van der Waals surface area contributed by atoms with Gasteiger partial charge in [-0.05, 0) is 86.9 Å². The normalized spacial score (nSPS) is 25.1. The number of amides is 1. The first-order chi connectivity index (χ1) is 15.1. The second kappa shape index (κ2) is 9.11. The van der Waals surface area contributed by atoms with Gasteiger partial charge in [-0.3, -0.25) is 4.79 Å². The number of aromatic nitrogens is 1. The molecule has 2 fully saturated rings. The second-order valence-electron chi connectivity index (χ2n) is 9.69. The van der Waals surface area contributed by atoms with Crippen molar-refractivity contribution in [1.82, 2.24) is 14.8 Å². The van der Waals surface area contributed by atoms with E-state index in [1.165, 1.54) is 22.4 Å². The second-order valence-corrected chi connectivity index (χ2v) is 9.69. The van der Waals surface area contributed by atoms with E-state index in [0.29, 0.717) is 5.92 Å². The van der Waals surface area contributed by atoms with Crippen LogP contribution in [-0.2, 0) is 18.3 Å². The Morgan fingerprint density at radius 1 is 1.25 bits per heavy atom. The fourth-order valence-electron chi connectivity index (χ4n) is 6.31. The van der Waals surface area contributed by atoms with E-state index >= 15 is 0 Å². The molecule has 0 spiro atoms. The lowest BCUT2D eigenvalue weighted by Crippen LogP contribution is -2.53. The number of nitrogens with zero attached hydrogens (tertiary/aromatic N) is 2. The maximum Gasteiger partial charge on any atom is 0.270 e. The van der Waals surface area contributed by atoms with Gasteiger partial charge in [-0.25, -0.2) is 0 Å². The first kappa shape index (κ1) is 23.2. The minimum absolute atomic E-state index is 0. The Balaban J connectivity index is 0.00000245. The average Bonchev–Trinajstić information content (AvgIpc) is 3.45. The molecule has 0 radical (unpaired) electrons. The summed E-state index contributed by atoms with van der Waals surface area (Å²) in [6, 6.07) is 8.69. The summed E-state index contributed by atoms with van der Waals surface area (Å²) in [5, 5.41) is 0. The minimum Gasteiger partial charge on any atom is -0.497 e. The van der Waals surface area contributed by atoms with E-state index in [2.05, 4.69) is 41.9 Å². The van der Waals surface area contributed by atoms with Crippen molar-refractivity contribution in [1.29, 1.82) is 0 Å². The molecule has 5 nitrogen and oxygen atoms in total. The lowest BCUT2D eigenvalue weighted by molar-refractivity contribution is 0.0786. The largest absolute Gasteiger partial charge is 0.497 e. The van der Waals surface area contributed by atoms with Gasteiger partial charge < -0.3 is 19.5 Å². The number of piperidine rings is 1. The molecule has 1 aromatic heterocycles. The lowest BCUT2D eigenvalue weighted by Gasteiger charge is -2.51. The van der Waals surface area contributed by atoms with E-state index < -0.39 is 0 Å². The van der Waals surface area contributed by atoms with Gasteiger partial charge in [0.15, 0.2) is 0 Å². The Bertz CT molecular complexity index is 981. The van der Waals surface area contributed by atoms with E-state index in [1.807, 2.05) is 11.0 Å². The van der Waals surface area contributed by atoms with Crippen LogP contribution in [0.15, 0.2) is 24.3 Å². The number of halogens is 1. The molecule has 1 aromatic carbocycles. The maximum absolute atomic E-state index is 13.2. The molecule has 2 unspecified atom stereocenters. The number of methoxy groups -OCH3 is 1. The number of likely N-dealkylation sites (tertiary alicyclic amines) is 2. The third kappa shape index (κ3) is 3.73. The Morgan fingerprint density at radius 2 is 2.03 bits per heavy atom. The van der Waals surface area contributed by atoms with Crippen LogP contribution in [0.3, 0.4) is 0 Å². The van der Waals surface area contributed by atoms with E-state index in [0.717, 1.165) is 76.3 Å². The zero-order valence-electron chi connectivity index (χ0n) is 19.6. The quantitative estimate of drug-likeness (QED) is 0.741. The molecule has 5 rings (SSSR count). The first-order valence-corrected chi connectivity index (χ1v) is 11.9. The highest BCUT2D eigenvalue weighted by Crippen LogP contribution is 2.49. The van der Waals surface area contributed by atoms with Crippen LogP contribution in [0.5, 0.6) is 5.75 Å². The van der Waals surface area contributed by atoms with E-state index in [9.17, 15) is 4.79 Å². The summed E-state index contributed by atoms with van der Waals surface area (Å²) < 4.78 is 5.58. The number of aromatic amines is 1. The Morgan fingerprint density at radius 3 is 2.75 bits per heavy atom. The van der Waals surface area contributed by atoms with Crippen molar-refractivity contribution >= 4 is 18.3 Å². The molecular weight excluding hydrogens is 422 g/mol. The highest BCUT2D eigenvalue weighted by atomic mass is 35.5. The Labute approximate surface area is 197 Å². The zero-order valence-corrected chi connectivity index (χ0v) is 20.4. The first-order valence-electron chi connectivity index (χ1n) is 11.9. The Hall–Kier alpha value is -1.98. The van der Waals surface area contributed by atoms with Gasteiger partial charge in [-0.1, -0.05) is 19.1 Å². The van der Waals surface area contributed by atoms with E-state index in [1.54, 1.807) is 7.11 Å². The van der Waals surface area contributed by atoms with Crippen molar-refractivity contribution in [3.63, 3.8) is 0 Å². The summed E-state index contributed by atoms with van der Waals surface area (Å²) in [5.41, 5.74) is 6.17. The van der Waals surface area contributed by atoms with Crippen LogP contribution >= 0.6 is 12.4 Å². The summed E-state index contributed by atoms with van der Waals surface area (Å²) in [4.78, 5) is 21.4. The smallest absolute Gasteiger partial charge is 0.270 e. The summed E-state index contributed by atoms with van der Waals surface area (Å²) in [7, 11) is 1.75. The molecule has 6 heteroatoms. The summed E-state index contributed by atoms with van der Waals surface area (Å²) in [5.74, 6) is 1.67. The number of carbonyl (C=O) groups excluding carboxylic acids is 1. The number of carbonyl (C=O) groups is 1. The van der Waals surface area contributed by atoms with Crippen LogP contribution in [0.4, 0.5) is 0 Å². The number of benzene rings is 1. The molecule has 2 aliphatic heterocycles. The average molecular weight is 458 g/mol. The summed E-state index contributed by atoms with van der Waals surface area (Å²) in [6.07, 6.45) is 5.41. The third-order valence-electron chi connectivity index (χ3n) is 8.24. The molecule has 2 saturated heterocycles. The van der Waals surface area contributed by atoms with Crippen LogP contribution in [-0.4, -0.2) is 60.5 Å². The minimum atomic E-state index is 0. The van der Waals surface area contributed by atoms with Gasteiger partial charge in [0.05, 0.1) is 7.11 Å². The zero-order chi connectivity index (χ0) is 21.6. The van der Waals surface area contributed by atoms with Crippen molar-refractivity contribution in [3.05, 3.63) is 52.3 Å². The fraction of sp³-hybridized carbons (Fsp3) is 0.577. The van der Waals surface area contributed by atoms with Gasteiger partial charge >= 0.3 is 0 Å². The highest BCUT2D eigenvalue weighted by molar-refractivity contribution is 5.94. The SMILES string of the molecule is CCN1CCC2(c3cccc(OC)c3)Cc3[nH]c(C(=O)N4CCCC4)c(C)c3CC2C1.Cl. The lowest BCUT2D eigenvalue weighted by atomic mass is 9.58. The highest BCUT2D eigenvalue weighted by Gasteiger charge is 2.48. The predicted octanol–water partition coefficient (Wildman–Crippen LogP) is 4.37. The van der Waals surface area contributed by atoms with E-state index in [4.69, 9.17) is 4.74 Å². The third-order valence-corrected chi connectivity index (χ3v) is 8.24. The molecule has 1 aliphatic carbocycles. The number of ether oxygens (including phenoxy) is 1. The van der Waals surface area contributed by atoms with Crippen molar-refractivity contribution < 1.29 is 9.53 Å². The topological polar surface area (TPSA) is 48.6 Å². The van der Waals surface area contributed by atoms with Crippen molar-refractivity contribution in [2.45, 2.75) is 51.4 Å². The molecule has 3 heterocycles. The number of hydrogen-bond donors (Lipinski definition) is 1. The molecular formula is C26H36ClN3O2. The van der Waals surface area contributed by atoms with Crippen molar-refractivity contribution in [3.8, 4) is 5.75 Å². The van der Waals surface area contributed by atoms with Crippen molar-refractivity contribution in [2.24, 2.45) is 5.92 Å².